The molecule has 58 heavy (non-hydrogen) atoms. The molecule has 0 spiro atoms. The van der Waals surface area contributed by atoms with Gasteiger partial charge in [0.05, 0.1) is 5.69 Å². The van der Waals surface area contributed by atoms with E-state index in [2.05, 4.69) is 214 Å². The normalized spacial score (nSPS) is 15.6. The van der Waals surface area contributed by atoms with Crippen molar-refractivity contribution in [1.29, 1.82) is 0 Å². The van der Waals surface area contributed by atoms with Gasteiger partial charge in [0.15, 0.2) is 0 Å². The number of fused-ring (bicyclic) bond motifs is 7. The Morgan fingerprint density at radius 3 is 2.10 bits per heavy atom. The number of hydrogen-bond acceptors (Lipinski definition) is 2. The van der Waals surface area contributed by atoms with E-state index in [0.717, 1.165) is 12.1 Å². The molecule has 0 amide bonds. The van der Waals surface area contributed by atoms with E-state index in [1.54, 1.807) is 0 Å². The van der Waals surface area contributed by atoms with Crippen molar-refractivity contribution in [3.8, 4) is 33.4 Å². The molecule has 0 radical (unpaired) electrons. The second-order valence-electron chi connectivity index (χ2n) is 16.5. The van der Waals surface area contributed by atoms with Crippen LogP contribution in [-0.2, 0) is 5.41 Å². The van der Waals surface area contributed by atoms with E-state index in [-0.39, 0.29) is 5.41 Å². The summed E-state index contributed by atoms with van der Waals surface area (Å²) >= 11 is 1.89. The lowest BCUT2D eigenvalue weighted by Gasteiger charge is -2.35. The largest absolute Gasteiger partial charge is 0.310 e. The molecule has 9 aromatic rings. The summed E-state index contributed by atoms with van der Waals surface area (Å²) in [7, 11) is 0. The van der Waals surface area contributed by atoms with Crippen molar-refractivity contribution in [3.63, 3.8) is 0 Å². The van der Waals surface area contributed by atoms with Crippen molar-refractivity contribution in [2.24, 2.45) is 5.92 Å². The Hall–Kier alpha value is -6.48. The molecule has 8 aromatic carbocycles. The highest BCUT2D eigenvalue weighted by Gasteiger charge is 2.38. The highest BCUT2D eigenvalue weighted by atomic mass is 32.1. The summed E-state index contributed by atoms with van der Waals surface area (Å²) in [5.74, 6) is 0.362. The molecule has 2 aliphatic rings. The highest BCUT2D eigenvalue weighted by molar-refractivity contribution is 7.26. The van der Waals surface area contributed by atoms with Gasteiger partial charge in [-0.05, 0) is 91.9 Å². The van der Waals surface area contributed by atoms with E-state index < -0.39 is 0 Å². The quantitative estimate of drug-likeness (QED) is 0.163. The van der Waals surface area contributed by atoms with Crippen LogP contribution < -0.4 is 4.90 Å². The molecule has 1 nitrogen and oxygen atoms in total. The van der Waals surface area contributed by atoms with Gasteiger partial charge in [-0.25, -0.2) is 0 Å². The maximum Gasteiger partial charge on any atom is 0.0543 e. The molecule has 2 aliphatic carbocycles. The predicted octanol–water partition coefficient (Wildman–Crippen LogP) is 16.0. The van der Waals surface area contributed by atoms with E-state index in [9.17, 15) is 0 Å². The molecule has 0 bridgehead atoms. The minimum Gasteiger partial charge on any atom is -0.310 e. The van der Waals surface area contributed by atoms with Gasteiger partial charge >= 0.3 is 0 Å². The van der Waals surface area contributed by atoms with E-state index in [4.69, 9.17) is 0 Å². The smallest absolute Gasteiger partial charge is 0.0543 e. The number of benzene rings is 8. The van der Waals surface area contributed by atoms with Crippen LogP contribution in [0.2, 0.25) is 0 Å². The maximum atomic E-state index is 2.59. The maximum absolute atomic E-state index is 2.59. The van der Waals surface area contributed by atoms with Crippen LogP contribution in [0.1, 0.15) is 43.9 Å². The minimum absolute atomic E-state index is 0.126. The zero-order valence-corrected chi connectivity index (χ0v) is 33.9. The SMILES string of the molecule is CC1C=C(N(c2cccc(-c3cccc4c3sc3ccccc34)c2)c2cccc3c2-c2ccccc2C3(C)C)C(c2cccc3cccc(-c4ccccc4)c23)=CC1. The Bertz CT molecular complexity index is 3140. The Labute approximate surface area is 344 Å². The molecule has 1 aromatic heterocycles. The summed E-state index contributed by atoms with van der Waals surface area (Å²) in [6.07, 6.45) is 6.02. The van der Waals surface area contributed by atoms with Crippen LogP contribution in [0.5, 0.6) is 0 Å². The summed E-state index contributed by atoms with van der Waals surface area (Å²) in [5.41, 5.74) is 16.4. The average Bonchev–Trinajstić information content (AvgIpc) is 3.76. The number of anilines is 2. The molecule has 0 N–H and O–H groups in total. The third kappa shape index (κ3) is 5.43. The van der Waals surface area contributed by atoms with Crippen molar-refractivity contribution >= 4 is 59.2 Å². The highest BCUT2D eigenvalue weighted by Crippen LogP contribution is 2.55. The zero-order chi connectivity index (χ0) is 39.0. The van der Waals surface area contributed by atoms with Gasteiger partial charge in [0, 0.05) is 48.1 Å². The first-order chi connectivity index (χ1) is 28.5. The summed E-state index contributed by atoms with van der Waals surface area (Å²) < 4.78 is 2.66. The number of allylic oxidation sites excluding steroid dienone is 3. The number of rotatable bonds is 6. The van der Waals surface area contributed by atoms with Crippen LogP contribution in [0.4, 0.5) is 11.4 Å². The molecule has 1 unspecified atom stereocenters. The van der Waals surface area contributed by atoms with Crippen molar-refractivity contribution < 1.29 is 0 Å². The van der Waals surface area contributed by atoms with Gasteiger partial charge in [-0.15, -0.1) is 11.3 Å². The molecule has 2 heteroatoms. The van der Waals surface area contributed by atoms with Gasteiger partial charge < -0.3 is 4.90 Å². The number of hydrogen-bond donors (Lipinski definition) is 0. The lowest BCUT2D eigenvalue weighted by molar-refractivity contribution is 0.660. The molecule has 11 rings (SSSR count). The van der Waals surface area contributed by atoms with Crippen molar-refractivity contribution in [2.45, 2.75) is 32.6 Å². The first kappa shape index (κ1) is 34.7. The molecule has 0 saturated heterocycles. The van der Waals surface area contributed by atoms with Gasteiger partial charge in [-0.1, -0.05) is 185 Å². The molecule has 1 heterocycles. The van der Waals surface area contributed by atoms with Gasteiger partial charge in [0.1, 0.15) is 0 Å². The molecular formula is C56H43NS. The van der Waals surface area contributed by atoms with E-state index in [0.29, 0.717) is 5.92 Å². The zero-order valence-electron chi connectivity index (χ0n) is 33.0. The Morgan fingerprint density at radius 1 is 0.569 bits per heavy atom. The van der Waals surface area contributed by atoms with Crippen LogP contribution in [0.15, 0.2) is 194 Å². The lowest BCUT2D eigenvalue weighted by Crippen LogP contribution is -2.22. The summed E-state index contributed by atoms with van der Waals surface area (Å²) in [4.78, 5) is 2.59. The molecule has 0 aliphatic heterocycles. The summed E-state index contributed by atoms with van der Waals surface area (Å²) in [6, 6.07) is 65.4. The van der Waals surface area contributed by atoms with E-state index in [1.165, 1.54) is 98.0 Å². The van der Waals surface area contributed by atoms with Crippen LogP contribution in [0.3, 0.4) is 0 Å². The van der Waals surface area contributed by atoms with Crippen LogP contribution in [-0.4, -0.2) is 0 Å². The Kier molecular flexibility index (Phi) is 8.13. The fourth-order valence-electron chi connectivity index (χ4n) is 9.82. The molecule has 0 saturated carbocycles. The third-order valence-corrected chi connectivity index (χ3v) is 13.8. The third-order valence-electron chi connectivity index (χ3n) is 12.6. The van der Waals surface area contributed by atoms with E-state index in [1.807, 2.05) is 11.3 Å². The van der Waals surface area contributed by atoms with Gasteiger partial charge in [-0.2, -0.15) is 0 Å². The van der Waals surface area contributed by atoms with Gasteiger partial charge in [0.25, 0.3) is 0 Å². The molecule has 278 valence electrons. The fourth-order valence-corrected chi connectivity index (χ4v) is 11.1. The molecule has 1 atom stereocenters. The Balaban J connectivity index is 1.17. The standard InChI is InChI=1S/C56H43NS/c1-36-32-33-43(45-26-13-19-38-18-12-24-41(53(38)45)37-16-5-4-6-17-37)51(34-36)57(50-30-15-29-49-54(50)47-23-7-9-28-48(47)56(49,2)3)40-21-11-20-39(35-40)42-25-14-27-46-44-22-8-10-31-52(44)58-55(42)46/h4-31,33-36H,32H2,1-3H3. The summed E-state index contributed by atoms with van der Waals surface area (Å²) in [5, 5.41) is 5.18. The molecule has 0 fully saturated rings. The van der Waals surface area contributed by atoms with Crippen LogP contribution in [0.25, 0.3) is 69.9 Å². The van der Waals surface area contributed by atoms with Crippen molar-refractivity contribution in [3.05, 3.63) is 210 Å². The first-order valence-electron chi connectivity index (χ1n) is 20.5. The van der Waals surface area contributed by atoms with E-state index >= 15 is 0 Å². The summed E-state index contributed by atoms with van der Waals surface area (Å²) in [6.45, 7) is 7.12. The molecular weight excluding hydrogens is 719 g/mol. The lowest BCUT2D eigenvalue weighted by atomic mass is 9.82. The topological polar surface area (TPSA) is 3.24 Å². The van der Waals surface area contributed by atoms with Crippen LogP contribution in [0, 0.1) is 5.92 Å². The second-order valence-corrected chi connectivity index (χ2v) is 17.5. The van der Waals surface area contributed by atoms with Gasteiger partial charge in [0.2, 0.25) is 0 Å². The van der Waals surface area contributed by atoms with Crippen LogP contribution >= 0.6 is 11.3 Å². The van der Waals surface area contributed by atoms with Gasteiger partial charge in [-0.3, -0.25) is 0 Å². The van der Waals surface area contributed by atoms with Crippen molar-refractivity contribution in [2.75, 3.05) is 4.90 Å². The Morgan fingerprint density at radius 2 is 1.22 bits per heavy atom. The second kappa shape index (κ2) is 13.6. The van der Waals surface area contributed by atoms with Crippen molar-refractivity contribution in [1.82, 2.24) is 0 Å². The monoisotopic (exact) mass is 761 g/mol. The number of nitrogens with zero attached hydrogens (tertiary/aromatic N) is 1. The predicted molar refractivity (Wildman–Crippen MR) is 250 cm³/mol. The average molecular weight is 762 g/mol. The minimum atomic E-state index is -0.126. The number of thiophene rings is 1. The first-order valence-corrected chi connectivity index (χ1v) is 21.3. The fraction of sp³-hybridized carbons (Fsp3) is 0.107.